The van der Waals surface area contributed by atoms with Crippen LogP contribution in [0.15, 0.2) is 36.7 Å². The highest BCUT2D eigenvalue weighted by atomic mass is 15.1. The van der Waals surface area contributed by atoms with Crippen molar-refractivity contribution in [2.45, 2.75) is 32.2 Å². The fraction of sp³-hybridized carbons (Fsp3) is 0.294. The second kappa shape index (κ2) is 4.97. The predicted molar refractivity (Wildman–Crippen MR) is 83.4 cm³/mol. The van der Waals surface area contributed by atoms with E-state index in [0.29, 0.717) is 6.54 Å². The topological polar surface area (TPSA) is 56.7 Å². The van der Waals surface area contributed by atoms with Gasteiger partial charge in [0.25, 0.3) is 0 Å². The van der Waals surface area contributed by atoms with Gasteiger partial charge in [0.05, 0.1) is 11.0 Å². The molecule has 0 aliphatic heterocycles. The molecule has 1 aromatic carbocycles. The first-order chi connectivity index (χ1) is 10.4. The van der Waals surface area contributed by atoms with Crippen molar-refractivity contribution >= 4 is 11.0 Å². The fourth-order valence-electron chi connectivity index (χ4n) is 3.16. The van der Waals surface area contributed by atoms with Gasteiger partial charge < -0.3 is 5.73 Å². The third-order valence-electron chi connectivity index (χ3n) is 4.26. The summed E-state index contributed by atoms with van der Waals surface area (Å²) < 4.78 is 2.06. The lowest BCUT2D eigenvalue weighted by atomic mass is 9.94. The van der Waals surface area contributed by atoms with Gasteiger partial charge in [-0.3, -0.25) is 4.57 Å². The van der Waals surface area contributed by atoms with E-state index in [9.17, 15) is 0 Å². The molecule has 2 heterocycles. The van der Waals surface area contributed by atoms with E-state index in [1.54, 1.807) is 0 Å². The number of para-hydroxylation sites is 2. The molecule has 0 saturated carbocycles. The van der Waals surface area contributed by atoms with E-state index >= 15 is 0 Å². The van der Waals surface area contributed by atoms with Gasteiger partial charge in [-0.2, -0.15) is 0 Å². The van der Waals surface area contributed by atoms with Crippen LogP contribution in [0.3, 0.4) is 0 Å². The van der Waals surface area contributed by atoms with Crippen LogP contribution in [0.1, 0.15) is 29.7 Å². The van der Waals surface area contributed by atoms with Gasteiger partial charge in [0.15, 0.2) is 0 Å². The lowest BCUT2D eigenvalue weighted by molar-refractivity contribution is 0.662. The SMILES string of the molecule is NCc1cc2c(nc1-n1cnc3ccccc31)CCCC2. The van der Waals surface area contributed by atoms with Gasteiger partial charge in [-0.05, 0) is 49.4 Å². The van der Waals surface area contributed by atoms with Crippen molar-refractivity contribution < 1.29 is 0 Å². The summed E-state index contributed by atoms with van der Waals surface area (Å²) >= 11 is 0. The van der Waals surface area contributed by atoms with Crippen LogP contribution in [-0.2, 0) is 19.4 Å². The maximum absolute atomic E-state index is 5.96. The molecule has 0 unspecified atom stereocenters. The Morgan fingerprint density at radius 2 is 2.00 bits per heavy atom. The Hall–Kier alpha value is -2.20. The Morgan fingerprint density at radius 3 is 2.90 bits per heavy atom. The number of nitrogens with zero attached hydrogens (tertiary/aromatic N) is 3. The number of benzene rings is 1. The number of pyridine rings is 1. The molecule has 4 heteroatoms. The molecule has 0 spiro atoms. The van der Waals surface area contributed by atoms with Gasteiger partial charge >= 0.3 is 0 Å². The second-order valence-electron chi connectivity index (χ2n) is 5.59. The van der Waals surface area contributed by atoms with Crippen molar-refractivity contribution in [2.75, 3.05) is 0 Å². The number of aromatic nitrogens is 3. The van der Waals surface area contributed by atoms with Crippen LogP contribution in [-0.4, -0.2) is 14.5 Å². The molecule has 21 heavy (non-hydrogen) atoms. The summed E-state index contributed by atoms with van der Waals surface area (Å²) in [6, 6.07) is 10.4. The van der Waals surface area contributed by atoms with E-state index in [1.807, 2.05) is 24.5 Å². The first-order valence-corrected chi connectivity index (χ1v) is 7.51. The molecule has 0 radical (unpaired) electrons. The average molecular weight is 278 g/mol. The standard InChI is InChI=1S/C17H18N4/c18-10-13-9-12-5-1-2-6-14(12)20-17(13)21-11-19-15-7-3-4-8-16(15)21/h3-4,7-9,11H,1-2,5-6,10,18H2. The Bertz CT molecular complexity index is 804. The van der Waals surface area contributed by atoms with Gasteiger partial charge in [-0.1, -0.05) is 12.1 Å². The summed E-state index contributed by atoms with van der Waals surface area (Å²) in [5.41, 5.74) is 11.7. The zero-order valence-corrected chi connectivity index (χ0v) is 11.9. The molecule has 2 N–H and O–H groups in total. The molecule has 0 amide bonds. The summed E-state index contributed by atoms with van der Waals surface area (Å²) in [6.45, 7) is 0.502. The van der Waals surface area contributed by atoms with Crippen LogP contribution in [0.2, 0.25) is 0 Å². The molecule has 3 aromatic rings. The molecule has 2 aromatic heterocycles. The molecule has 0 bridgehead atoms. The fourth-order valence-corrected chi connectivity index (χ4v) is 3.16. The molecular formula is C17H18N4. The van der Waals surface area contributed by atoms with Gasteiger partial charge in [-0.15, -0.1) is 0 Å². The Labute approximate surface area is 123 Å². The van der Waals surface area contributed by atoms with Crippen molar-refractivity contribution in [3.05, 3.63) is 53.5 Å². The normalized spacial score (nSPS) is 14.3. The largest absolute Gasteiger partial charge is 0.326 e. The average Bonchev–Trinajstić information content (AvgIpc) is 2.97. The number of nitrogens with two attached hydrogens (primary N) is 1. The lowest BCUT2D eigenvalue weighted by Crippen LogP contribution is -2.13. The second-order valence-corrected chi connectivity index (χ2v) is 5.59. The van der Waals surface area contributed by atoms with Crippen LogP contribution in [0.25, 0.3) is 16.9 Å². The number of imidazole rings is 1. The smallest absolute Gasteiger partial charge is 0.143 e. The number of hydrogen-bond acceptors (Lipinski definition) is 3. The zero-order chi connectivity index (χ0) is 14.2. The van der Waals surface area contributed by atoms with Crippen LogP contribution >= 0.6 is 0 Å². The van der Waals surface area contributed by atoms with Gasteiger partial charge in [-0.25, -0.2) is 9.97 Å². The number of hydrogen-bond donors (Lipinski definition) is 1. The molecule has 1 aliphatic carbocycles. The number of rotatable bonds is 2. The highest BCUT2D eigenvalue weighted by Gasteiger charge is 2.16. The minimum absolute atomic E-state index is 0.502. The predicted octanol–water partition coefficient (Wildman–Crippen LogP) is 2.76. The molecule has 0 fully saturated rings. The lowest BCUT2D eigenvalue weighted by Gasteiger charge is -2.18. The first kappa shape index (κ1) is 12.5. The maximum Gasteiger partial charge on any atom is 0.143 e. The van der Waals surface area contributed by atoms with Crippen LogP contribution < -0.4 is 5.73 Å². The van der Waals surface area contributed by atoms with Crippen LogP contribution in [0.5, 0.6) is 0 Å². The summed E-state index contributed by atoms with van der Waals surface area (Å²) in [4.78, 5) is 9.38. The van der Waals surface area contributed by atoms with Gasteiger partial charge in [0.2, 0.25) is 0 Å². The Balaban J connectivity index is 1.94. The molecule has 4 rings (SSSR count). The summed E-state index contributed by atoms with van der Waals surface area (Å²) in [5, 5.41) is 0. The third-order valence-corrected chi connectivity index (χ3v) is 4.26. The first-order valence-electron chi connectivity index (χ1n) is 7.51. The van der Waals surface area contributed by atoms with Crippen molar-refractivity contribution in [2.24, 2.45) is 5.73 Å². The highest BCUT2D eigenvalue weighted by Crippen LogP contribution is 2.26. The molecule has 0 saturated heterocycles. The maximum atomic E-state index is 5.96. The van der Waals surface area contributed by atoms with Crippen LogP contribution in [0.4, 0.5) is 0 Å². The molecule has 4 nitrogen and oxygen atoms in total. The zero-order valence-electron chi connectivity index (χ0n) is 11.9. The van der Waals surface area contributed by atoms with E-state index in [-0.39, 0.29) is 0 Å². The van der Waals surface area contributed by atoms with Crippen molar-refractivity contribution in [3.63, 3.8) is 0 Å². The summed E-state index contributed by atoms with van der Waals surface area (Å²) in [6.07, 6.45) is 6.53. The van der Waals surface area contributed by atoms with Crippen molar-refractivity contribution in [1.29, 1.82) is 0 Å². The van der Waals surface area contributed by atoms with Crippen molar-refractivity contribution in [3.8, 4) is 5.82 Å². The monoisotopic (exact) mass is 278 g/mol. The quantitative estimate of drug-likeness (QED) is 0.784. The van der Waals surface area contributed by atoms with E-state index in [2.05, 4.69) is 21.7 Å². The van der Waals surface area contributed by atoms with Gasteiger partial charge in [0.1, 0.15) is 12.1 Å². The van der Waals surface area contributed by atoms with E-state index in [0.717, 1.165) is 35.3 Å². The van der Waals surface area contributed by atoms with Crippen molar-refractivity contribution in [1.82, 2.24) is 14.5 Å². The molecular weight excluding hydrogens is 260 g/mol. The minimum Gasteiger partial charge on any atom is -0.326 e. The summed E-state index contributed by atoms with van der Waals surface area (Å²) in [5.74, 6) is 0.937. The summed E-state index contributed by atoms with van der Waals surface area (Å²) in [7, 11) is 0. The Morgan fingerprint density at radius 1 is 1.14 bits per heavy atom. The Kier molecular flexibility index (Phi) is 2.97. The highest BCUT2D eigenvalue weighted by molar-refractivity contribution is 5.77. The van der Waals surface area contributed by atoms with E-state index < -0.39 is 0 Å². The minimum atomic E-state index is 0.502. The van der Waals surface area contributed by atoms with Crippen LogP contribution in [0, 0.1) is 0 Å². The third kappa shape index (κ3) is 2.03. The number of aryl methyl sites for hydroxylation is 2. The van der Waals surface area contributed by atoms with E-state index in [4.69, 9.17) is 10.7 Å². The molecule has 0 atom stereocenters. The van der Waals surface area contributed by atoms with Gasteiger partial charge in [0, 0.05) is 17.8 Å². The molecule has 106 valence electrons. The van der Waals surface area contributed by atoms with E-state index in [1.165, 1.54) is 24.1 Å². The molecule has 1 aliphatic rings. The number of fused-ring (bicyclic) bond motifs is 2.